The minimum Gasteiger partial charge on any atom is -0.456 e. The van der Waals surface area contributed by atoms with Crippen molar-refractivity contribution in [1.29, 1.82) is 0 Å². The van der Waals surface area contributed by atoms with Gasteiger partial charge in [0.2, 0.25) is 0 Å². The fraction of sp³-hybridized carbons (Fsp3) is 0.357. The highest BCUT2D eigenvalue weighted by Crippen LogP contribution is 2.20. The molecule has 0 saturated carbocycles. The molecule has 0 atom stereocenters. The summed E-state index contributed by atoms with van der Waals surface area (Å²) >= 11 is 0. The van der Waals surface area contributed by atoms with Crippen LogP contribution in [0.4, 0.5) is 17.6 Å². The molecule has 0 amide bonds. The first-order valence-corrected chi connectivity index (χ1v) is 5.77. The summed E-state index contributed by atoms with van der Waals surface area (Å²) in [6.45, 7) is 4.88. The fourth-order valence-electron chi connectivity index (χ4n) is 1.32. The van der Waals surface area contributed by atoms with Crippen molar-refractivity contribution in [3.05, 3.63) is 41.2 Å². The molecular formula is C14H14F4O2. The Balaban J connectivity index is 2.94. The largest absolute Gasteiger partial charge is 0.456 e. The molecule has 6 heteroatoms. The number of halogens is 4. The van der Waals surface area contributed by atoms with Crippen molar-refractivity contribution < 1.29 is 27.1 Å². The molecule has 0 aromatic heterocycles. The van der Waals surface area contributed by atoms with Gasteiger partial charge in [-0.3, -0.25) is 0 Å². The van der Waals surface area contributed by atoms with Gasteiger partial charge in [0.05, 0.1) is 5.56 Å². The summed E-state index contributed by atoms with van der Waals surface area (Å²) in [6.07, 6.45) is -3.75. The van der Waals surface area contributed by atoms with Crippen molar-refractivity contribution in [2.45, 2.75) is 32.5 Å². The van der Waals surface area contributed by atoms with Crippen LogP contribution in [0.2, 0.25) is 0 Å². The normalized spacial score (nSPS) is 12.8. The zero-order valence-corrected chi connectivity index (χ0v) is 11.2. The van der Waals surface area contributed by atoms with E-state index in [9.17, 15) is 22.4 Å². The second-order valence-electron chi connectivity index (χ2n) is 5.12. The van der Waals surface area contributed by atoms with Crippen LogP contribution in [0.3, 0.4) is 0 Å². The number of hydrogen-bond acceptors (Lipinski definition) is 2. The van der Waals surface area contributed by atoms with E-state index < -0.39 is 23.6 Å². The third-order valence-electron chi connectivity index (χ3n) is 2.08. The van der Waals surface area contributed by atoms with Gasteiger partial charge in [0.15, 0.2) is 0 Å². The van der Waals surface area contributed by atoms with Gasteiger partial charge in [0.25, 0.3) is 0 Å². The number of allylic oxidation sites excluding steroid dienone is 1. The first-order chi connectivity index (χ1) is 8.98. The summed E-state index contributed by atoms with van der Waals surface area (Å²) in [7, 11) is 0. The van der Waals surface area contributed by atoms with Crippen LogP contribution < -0.4 is 0 Å². The van der Waals surface area contributed by atoms with E-state index in [0.29, 0.717) is 0 Å². The van der Waals surface area contributed by atoms with E-state index in [0.717, 1.165) is 18.2 Å². The summed E-state index contributed by atoms with van der Waals surface area (Å²) in [6, 6.07) is 3.16. The molecule has 0 N–H and O–H groups in total. The maximum absolute atomic E-state index is 13.7. The summed E-state index contributed by atoms with van der Waals surface area (Å²) in [4.78, 5) is 11.6. The van der Waals surface area contributed by atoms with Crippen LogP contribution in [0.1, 0.15) is 36.7 Å². The number of alkyl halides is 3. The molecule has 0 aliphatic heterocycles. The lowest BCUT2D eigenvalue weighted by Crippen LogP contribution is -2.24. The van der Waals surface area contributed by atoms with Crippen molar-refractivity contribution in [2.24, 2.45) is 0 Å². The standard InChI is InChI=1S/C14H14F4O2/c1-13(2,3)20-12(19)10-5-4-9(8-11(10)15)6-7-14(16,17)18/h4-8H,1-3H3. The van der Waals surface area contributed by atoms with Crippen molar-refractivity contribution >= 4 is 12.0 Å². The van der Waals surface area contributed by atoms with Crippen LogP contribution >= 0.6 is 0 Å². The monoisotopic (exact) mass is 290 g/mol. The van der Waals surface area contributed by atoms with E-state index in [1.54, 1.807) is 20.8 Å². The number of hydrogen-bond donors (Lipinski definition) is 0. The lowest BCUT2D eigenvalue weighted by atomic mass is 10.1. The van der Waals surface area contributed by atoms with E-state index in [-0.39, 0.29) is 17.2 Å². The maximum Gasteiger partial charge on any atom is 0.409 e. The molecule has 0 spiro atoms. The molecule has 110 valence electrons. The summed E-state index contributed by atoms with van der Waals surface area (Å²) < 4.78 is 54.6. The van der Waals surface area contributed by atoms with Crippen molar-refractivity contribution in [1.82, 2.24) is 0 Å². The van der Waals surface area contributed by atoms with Crippen molar-refractivity contribution in [3.8, 4) is 0 Å². The number of rotatable bonds is 2. The fourth-order valence-corrected chi connectivity index (χ4v) is 1.32. The third-order valence-corrected chi connectivity index (χ3v) is 2.08. The van der Waals surface area contributed by atoms with Crippen LogP contribution in [0.15, 0.2) is 24.3 Å². The number of carbonyl (C=O) groups excluding carboxylic acids is 1. The first kappa shape index (κ1) is 16.2. The summed E-state index contributed by atoms with van der Waals surface area (Å²) in [5, 5.41) is 0. The average molecular weight is 290 g/mol. The van der Waals surface area contributed by atoms with Gasteiger partial charge in [-0.15, -0.1) is 0 Å². The highest BCUT2D eigenvalue weighted by Gasteiger charge is 2.23. The zero-order chi connectivity index (χ0) is 15.6. The number of benzene rings is 1. The Kier molecular flexibility index (Phi) is 4.57. The van der Waals surface area contributed by atoms with Gasteiger partial charge < -0.3 is 4.74 Å². The molecule has 2 nitrogen and oxygen atoms in total. The van der Waals surface area contributed by atoms with Crippen molar-refractivity contribution in [3.63, 3.8) is 0 Å². The first-order valence-electron chi connectivity index (χ1n) is 5.77. The predicted molar refractivity (Wildman–Crippen MR) is 66.7 cm³/mol. The lowest BCUT2D eigenvalue weighted by Gasteiger charge is -2.19. The molecule has 20 heavy (non-hydrogen) atoms. The van der Waals surface area contributed by atoms with E-state index in [4.69, 9.17) is 4.74 Å². The molecule has 0 saturated heterocycles. The van der Waals surface area contributed by atoms with Crippen LogP contribution in [-0.2, 0) is 4.74 Å². The Morgan fingerprint density at radius 3 is 2.25 bits per heavy atom. The van der Waals surface area contributed by atoms with Crippen LogP contribution in [0.25, 0.3) is 6.08 Å². The van der Waals surface area contributed by atoms with Gasteiger partial charge in [0, 0.05) is 6.08 Å². The zero-order valence-electron chi connectivity index (χ0n) is 11.2. The number of esters is 1. The van der Waals surface area contributed by atoms with Gasteiger partial charge in [-0.1, -0.05) is 6.07 Å². The molecule has 0 fully saturated rings. The SMILES string of the molecule is CC(C)(C)OC(=O)c1ccc(C=CC(F)(F)F)cc1F. The van der Waals surface area contributed by atoms with Crippen LogP contribution in [0, 0.1) is 5.82 Å². The van der Waals surface area contributed by atoms with Gasteiger partial charge in [-0.25, -0.2) is 9.18 Å². The molecule has 1 rings (SSSR count). The predicted octanol–water partition coefficient (Wildman–Crippen LogP) is 4.36. The Hall–Kier alpha value is -1.85. The smallest absolute Gasteiger partial charge is 0.409 e. The quantitative estimate of drug-likeness (QED) is 0.597. The topological polar surface area (TPSA) is 26.3 Å². The Morgan fingerprint density at radius 1 is 1.20 bits per heavy atom. The van der Waals surface area contributed by atoms with E-state index >= 15 is 0 Å². The molecular weight excluding hydrogens is 276 g/mol. The third kappa shape index (κ3) is 5.42. The van der Waals surface area contributed by atoms with Gasteiger partial charge in [-0.05, 0) is 44.5 Å². The lowest BCUT2D eigenvalue weighted by molar-refractivity contribution is -0.0790. The number of carbonyl (C=O) groups is 1. The molecule has 0 heterocycles. The molecule has 0 unspecified atom stereocenters. The van der Waals surface area contributed by atoms with Crippen LogP contribution in [-0.4, -0.2) is 17.7 Å². The second kappa shape index (κ2) is 5.64. The van der Waals surface area contributed by atoms with E-state index in [1.165, 1.54) is 6.07 Å². The van der Waals surface area contributed by atoms with Crippen LogP contribution in [0.5, 0.6) is 0 Å². The molecule has 0 aliphatic carbocycles. The molecule has 1 aromatic carbocycles. The van der Waals surface area contributed by atoms with Gasteiger partial charge in [-0.2, -0.15) is 13.2 Å². The highest BCUT2D eigenvalue weighted by atomic mass is 19.4. The van der Waals surface area contributed by atoms with E-state index in [2.05, 4.69) is 0 Å². The maximum atomic E-state index is 13.7. The minimum atomic E-state index is -4.47. The average Bonchev–Trinajstić information content (AvgIpc) is 2.22. The Morgan fingerprint density at radius 2 is 1.80 bits per heavy atom. The van der Waals surface area contributed by atoms with Gasteiger partial charge >= 0.3 is 12.1 Å². The summed E-state index contributed by atoms with van der Waals surface area (Å²) in [5.41, 5.74) is -1.09. The van der Waals surface area contributed by atoms with Gasteiger partial charge in [0.1, 0.15) is 11.4 Å². The number of ether oxygens (including phenoxy) is 1. The van der Waals surface area contributed by atoms with Crippen molar-refractivity contribution in [2.75, 3.05) is 0 Å². The highest BCUT2D eigenvalue weighted by molar-refractivity contribution is 5.90. The molecule has 0 aliphatic rings. The molecule has 1 aromatic rings. The van der Waals surface area contributed by atoms with E-state index in [1.807, 2.05) is 0 Å². The second-order valence-corrected chi connectivity index (χ2v) is 5.12. The Bertz CT molecular complexity index is 525. The minimum absolute atomic E-state index is 0.00504. The summed E-state index contributed by atoms with van der Waals surface area (Å²) in [5.74, 6) is -1.79. The molecule has 0 bridgehead atoms. The Labute approximate surface area is 114 Å². The molecule has 0 radical (unpaired) electrons.